The van der Waals surface area contributed by atoms with Gasteiger partial charge >= 0.3 is 0 Å². The maximum Gasteiger partial charge on any atom is 0.274 e. The van der Waals surface area contributed by atoms with E-state index in [0.717, 1.165) is 37.1 Å². The van der Waals surface area contributed by atoms with Crippen LogP contribution in [0.1, 0.15) is 54.0 Å². The lowest BCUT2D eigenvalue weighted by atomic mass is 9.94. The van der Waals surface area contributed by atoms with E-state index < -0.39 is 0 Å². The van der Waals surface area contributed by atoms with Gasteiger partial charge in [-0.2, -0.15) is 5.10 Å². The molecule has 1 saturated heterocycles. The van der Waals surface area contributed by atoms with Crippen LogP contribution in [0.15, 0.2) is 30.5 Å². The predicted molar refractivity (Wildman–Crippen MR) is 115 cm³/mol. The molecule has 1 saturated carbocycles. The number of aryl methyl sites for hydroxylation is 2. The van der Waals surface area contributed by atoms with Crippen molar-refractivity contribution >= 4 is 11.8 Å². The summed E-state index contributed by atoms with van der Waals surface area (Å²) in [5.74, 6) is -0.231. The fraction of sp³-hybridized carbons (Fsp3) is 0.565. The molecule has 0 aromatic carbocycles. The third-order valence-electron chi connectivity index (χ3n) is 6.30. The number of rotatable bonds is 5. The number of amides is 2. The van der Waals surface area contributed by atoms with Crippen LogP contribution in [0, 0.1) is 6.92 Å². The average molecular weight is 426 g/mol. The molecule has 0 radical (unpaired) electrons. The molecule has 31 heavy (non-hydrogen) atoms. The lowest BCUT2D eigenvalue weighted by Gasteiger charge is -2.34. The highest BCUT2D eigenvalue weighted by Gasteiger charge is 2.35. The van der Waals surface area contributed by atoms with Crippen molar-refractivity contribution in [1.82, 2.24) is 24.6 Å². The maximum atomic E-state index is 13.2. The minimum atomic E-state index is -0.274. The van der Waals surface area contributed by atoms with E-state index in [2.05, 4.69) is 10.1 Å². The SMILES string of the molecule is Cc1cc(C(=O)N2CC(=O)N(C3CCCCC3)CC(OCc3ccccn3)C2)nn1C. The number of hydrogen-bond donors (Lipinski definition) is 0. The van der Waals surface area contributed by atoms with Crippen molar-refractivity contribution < 1.29 is 14.3 Å². The molecular formula is C23H31N5O3. The van der Waals surface area contributed by atoms with Gasteiger partial charge in [0.2, 0.25) is 5.91 Å². The molecule has 8 nitrogen and oxygen atoms in total. The van der Waals surface area contributed by atoms with Gasteiger partial charge in [0.15, 0.2) is 5.69 Å². The van der Waals surface area contributed by atoms with E-state index in [1.165, 1.54) is 6.42 Å². The third kappa shape index (κ3) is 5.12. The highest BCUT2D eigenvalue weighted by molar-refractivity contribution is 5.95. The van der Waals surface area contributed by atoms with Crippen LogP contribution in [0.2, 0.25) is 0 Å². The molecule has 4 rings (SSSR count). The predicted octanol–water partition coefficient (Wildman–Crippen LogP) is 2.33. The van der Waals surface area contributed by atoms with Crippen LogP contribution in [0.25, 0.3) is 0 Å². The Morgan fingerprint density at radius 3 is 2.68 bits per heavy atom. The van der Waals surface area contributed by atoms with Gasteiger partial charge in [0, 0.05) is 38.1 Å². The van der Waals surface area contributed by atoms with Crippen LogP contribution < -0.4 is 0 Å². The van der Waals surface area contributed by atoms with Crippen LogP contribution >= 0.6 is 0 Å². The van der Waals surface area contributed by atoms with E-state index >= 15 is 0 Å². The molecule has 2 fully saturated rings. The lowest BCUT2D eigenvalue weighted by molar-refractivity contribution is -0.134. The van der Waals surface area contributed by atoms with Gasteiger partial charge in [0.1, 0.15) is 6.54 Å². The van der Waals surface area contributed by atoms with Gasteiger partial charge in [-0.15, -0.1) is 0 Å². The summed E-state index contributed by atoms with van der Waals surface area (Å²) in [6, 6.07) is 7.71. The van der Waals surface area contributed by atoms with Gasteiger partial charge in [-0.05, 0) is 38.0 Å². The summed E-state index contributed by atoms with van der Waals surface area (Å²) < 4.78 is 7.86. The molecule has 1 atom stereocenters. The third-order valence-corrected chi connectivity index (χ3v) is 6.30. The largest absolute Gasteiger partial charge is 0.368 e. The summed E-state index contributed by atoms with van der Waals surface area (Å²) in [6.45, 7) is 3.18. The molecule has 1 unspecified atom stereocenters. The zero-order chi connectivity index (χ0) is 21.8. The van der Waals surface area contributed by atoms with Crippen LogP contribution in [0.3, 0.4) is 0 Å². The quantitative estimate of drug-likeness (QED) is 0.735. The highest BCUT2D eigenvalue weighted by atomic mass is 16.5. The summed E-state index contributed by atoms with van der Waals surface area (Å²) in [5.41, 5.74) is 2.10. The molecular weight excluding hydrogens is 394 g/mol. The molecule has 2 aliphatic rings. The van der Waals surface area contributed by atoms with Crippen LogP contribution in [-0.4, -0.2) is 68.2 Å². The lowest BCUT2D eigenvalue weighted by Crippen LogP contribution is -2.46. The minimum Gasteiger partial charge on any atom is -0.368 e. The van der Waals surface area contributed by atoms with Gasteiger partial charge in [-0.1, -0.05) is 25.3 Å². The summed E-state index contributed by atoms with van der Waals surface area (Å²) in [7, 11) is 1.81. The first-order chi connectivity index (χ1) is 15.0. The summed E-state index contributed by atoms with van der Waals surface area (Å²) in [6.07, 6.45) is 7.01. The first kappa shape index (κ1) is 21.5. The van der Waals surface area contributed by atoms with Gasteiger partial charge in [-0.25, -0.2) is 0 Å². The number of nitrogens with zero attached hydrogens (tertiary/aromatic N) is 5. The fourth-order valence-corrected chi connectivity index (χ4v) is 4.46. The average Bonchev–Trinajstić information content (AvgIpc) is 3.03. The zero-order valence-electron chi connectivity index (χ0n) is 18.4. The second-order valence-corrected chi connectivity index (χ2v) is 8.57. The van der Waals surface area contributed by atoms with E-state index in [1.54, 1.807) is 21.8 Å². The molecule has 2 aromatic heterocycles. The van der Waals surface area contributed by atoms with Crippen LogP contribution in [0.5, 0.6) is 0 Å². The topological polar surface area (TPSA) is 80.6 Å². The molecule has 1 aliphatic carbocycles. The van der Waals surface area contributed by atoms with Crippen molar-refractivity contribution in [3.05, 3.63) is 47.5 Å². The van der Waals surface area contributed by atoms with Crippen LogP contribution in [-0.2, 0) is 23.2 Å². The summed E-state index contributed by atoms with van der Waals surface area (Å²) in [5, 5.41) is 4.32. The van der Waals surface area contributed by atoms with E-state index in [1.807, 2.05) is 37.1 Å². The highest BCUT2D eigenvalue weighted by Crippen LogP contribution is 2.25. The molecule has 0 spiro atoms. The van der Waals surface area contributed by atoms with Crippen molar-refractivity contribution in [2.75, 3.05) is 19.6 Å². The summed E-state index contributed by atoms with van der Waals surface area (Å²) >= 11 is 0. The molecule has 8 heteroatoms. The number of aromatic nitrogens is 3. The Balaban J connectivity index is 1.53. The van der Waals surface area contributed by atoms with E-state index in [0.29, 0.717) is 25.4 Å². The second kappa shape index (κ2) is 9.60. The zero-order valence-corrected chi connectivity index (χ0v) is 18.4. The first-order valence-electron chi connectivity index (χ1n) is 11.1. The number of ether oxygens (including phenoxy) is 1. The maximum absolute atomic E-state index is 13.2. The Bertz CT molecular complexity index is 888. The molecule has 0 bridgehead atoms. The van der Waals surface area contributed by atoms with Crippen LogP contribution in [0.4, 0.5) is 0 Å². The van der Waals surface area contributed by atoms with Gasteiger partial charge in [0.05, 0.1) is 18.4 Å². The van der Waals surface area contributed by atoms with Crippen molar-refractivity contribution in [3.63, 3.8) is 0 Å². The van der Waals surface area contributed by atoms with Gasteiger partial charge in [-0.3, -0.25) is 19.3 Å². The molecule has 2 amide bonds. The Hall–Kier alpha value is -2.74. The Kier molecular flexibility index (Phi) is 6.65. The number of carbonyl (C=O) groups excluding carboxylic acids is 2. The standard InChI is InChI=1S/C23H31N5O3/c1-17-12-21(25-26(17)2)23(30)27-13-20(31-16-18-8-6-7-11-24-18)14-28(22(29)15-27)19-9-4-3-5-10-19/h6-8,11-12,19-20H,3-5,9-10,13-16H2,1-2H3. The Morgan fingerprint density at radius 2 is 2.00 bits per heavy atom. The van der Waals surface area contributed by atoms with Crippen molar-refractivity contribution in [2.45, 2.75) is 57.8 Å². The minimum absolute atomic E-state index is 0.00293. The Labute approximate surface area is 183 Å². The molecule has 3 heterocycles. The van der Waals surface area contributed by atoms with E-state index in [-0.39, 0.29) is 30.5 Å². The van der Waals surface area contributed by atoms with Crippen molar-refractivity contribution in [3.8, 4) is 0 Å². The normalized spacial score (nSPS) is 20.7. The second-order valence-electron chi connectivity index (χ2n) is 8.57. The smallest absolute Gasteiger partial charge is 0.274 e. The Morgan fingerprint density at radius 1 is 1.19 bits per heavy atom. The molecule has 0 N–H and O–H groups in total. The fourth-order valence-electron chi connectivity index (χ4n) is 4.46. The van der Waals surface area contributed by atoms with Gasteiger partial charge in [0.25, 0.3) is 5.91 Å². The summed E-state index contributed by atoms with van der Waals surface area (Å²) in [4.78, 5) is 34.2. The van der Waals surface area contributed by atoms with E-state index in [4.69, 9.17) is 4.74 Å². The number of carbonyl (C=O) groups is 2. The van der Waals surface area contributed by atoms with Crippen molar-refractivity contribution in [2.24, 2.45) is 7.05 Å². The van der Waals surface area contributed by atoms with E-state index in [9.17, 15) is 9.59 Å². The van der Waals surface area contributed by atoms with Crippen molar-refractivity contribution in [1.29, 1.82) is 0 Å². The van der Waals surface area contributed by atoms with Gasteiger partial charge < -0.3 is 14.5 Å². The molecule has 2 aromatic rings. The number of hydrogen-bond acceptors (Lipinski definition) is 5. The first-order valence-corrected chi connectivity index (χ1v) is 11.1. The molecule has 166 valence electrons. The number of pyridine rings is 1. The monoisotopic (exact) mass is 425 g/mol. The molecule has 1 aliphatic heterocycles.